The quantitative estimate of drug-likeness (QED) is 0.518. The van der Waals surface area contributed by atoms with Crippen LogP contribution in [0.2, 0.25) is 0 Å². The van der Waals surface area contributed by atoms with Gasteiger partial charge in [0.2, 0.25) is 5.95 Å². The zero-order chi connectivity index (χ0) is 11.5. The van der Waals surface area contributed by atoms with E-state index in [0.29, 0.717) is 24.6 Å². The highest BCUT2D eigenvalue weighted by molar-refractivity contribution is 5.75. The maximum absolute atomic E-state index is 11.2. The molecule has 1 saturated heterocycles. The van der Waals surface area contributed by atoms with Gasteiger partial charge in [0.1, 0.15) is 0 Å². The van der Waals surface area contributed by atoms with Crippen molar-refractivity contribution < 1.29 is 9.53 Å². The van der Waals surface area contributed by atoms with Crippen LogP contribution in [0.5, 0.6) is 0 Å². The van der Waals surface area contributed by atoms with E-state index in [0.717, 1.165) is 0 Å². The molecule has 0 amide bonds. The molecular weight excluding hydrogens is 206 g/mol. The van der Waals surface area contributed by atoms with E-state index in [9.17, 15) is 4.79 Å². The summed E-state index contributed by atoms with van der Waals surface area (Å²) in [6.07, 6.45) is 8.38. The van der Waals surface area contributed by atoms with Crippen LogP contribution in [0.15, 0.2) is 12.4 Å². The molecule has 1 fully saturated rings. The van der Waals surface area contributed by atoms with Crippen molar-refractivity contribution in [3.63, 3.8) is 0 Å². The lowest BCUT2D eigenvalue weighted by Crippen LogP contribution is -2.51. The van der Waals surface area contributed by atoms with E-state index in [2.05, 4.69) is 20.6 Å². The SMILES string of the molecule is C#Cc1cnc(N2CC(C(=O)OC)C2)nc1. The van der Waals surface area contributed by atoms with Gasteiger partial charge in [0.05, 0.1) is 18.6 Å². The zero-order valence-corrected chi connectivity index (χ0v) is 8.88. The summed E-state index contributed by atoms with van der Waals surface area (Å²) < 4.78 is 4.64. The molecule has 16 heavy (non-hydrogen) atoms. The molecular formula is C11H11N3O2. The Morgan fingerprint density at radius 2 is 2.19 bits per heavy atom. The first-order chi connectivity index (χ1) is 7.74. The van der Waals surface area contributed by atoms with Crippen LogP contribution in [0.25, 0.3) is 0 Å². The van der Waals surface area contributed by atoms with Crippen LogP contribution in [-0.2, 0) is 9.53 Å². The first-order valence-corrected chi connectivity index (χ1v) is 4.86. The van der Waals surface area contributed by atoms with Crippen LogP contribution in [-0.4, -0.2) is 36.1 Å². The first-order valence-electron chi connectivity index (χ1n) is 4.86. The van der Waals surface area contributed by atoms with Gasteiger partial charge in [-0.2, -0.15) is 0 Å². The van der Waals surface area contributed by atoms with Crippen molar-refractivity contribution >= 4 is 11.9 Å². The van der Waals surface area contributed by atoms with Crippen LogP contribution in [0.4, 0.5) is 5.95 Å². The summed E-state index contributed by atoms with van der Waals surface area (Å²) in [6, 6.07) is 0. The van der Waals surface area contributed by atoms with E-state index in [1.807, 2.05) is 4.90 Å². The molecule has 0 aliphatic carbocycles. The Balaban J connectivity index is 1.97. The Morgan fingerprint density at radius 3 is 2.69 bits per heavy atom. The van der Waals surface area contributed by atoms with Crippen LogP contribution >= 0.6 is 0 Å². The fraction of sp³-hybridized carbons (Fsp3) is 0.364. The van der Waals surface area contributed by atoms with Gasteiger partial charge in [-0.25, -0.2) is 9.97 Å². The number of terminal acetylenes is 1. The summed E-state index contributed by atoms with van der Waals surface area (Å²) in [5.41, 5.74) is 0.647. The molecule has 5 nitrogen and oxygen atoms in total. The van der Waals surface area contributed by atoms with Gasteiger partial charge in [0.15, 0.2) is 0 Å². The fourth-order valence-corrected chi connectivity index (χ4v) is 1.52. The number of hydrogen-bond acceptors (Lipinski definition) is 5. The van der Waals surface area contributed by atoms with E-state index < -0.39 is 0 Å². The molecule has 0 atom stereocenters. The first kappa shape index (κ1) is 10.4. The number of hydrogen-bond donors (Lipinski definition) is 0. The van der Waals surface area contributed by atoms with Crippen LogP contribution in [0, 0.1) is 18.3 Å². The largest absolute Gasteiger partial charge is 0.469 e. The normalized spacial score (nSPS) is 15.1. The molecule has 1 aliphatic rings. The van der Waals surface area contributed by atoms with Crippen LogP contribution in [0.3, 0.4) is 0 Å². The number of anilines is 1. The van der Waals surface area contributed by atoms with Crippen molar-refractivity contribution in [2.24, 2.45) is 5.92 Å². The highest BCUT2D eigenvalue weighted by atomic mass is 16.5. The van der Waals surface area contributed by atoms with Crippen molar-refractivity contribution in [1.82, 2.24) is 9.97 Å². The molecule has 82 valence electrons. The topological polar surface area (TPSA) is 55.3 Å². The number of carbonyl (C=O) groups excluding carboxylic acids is 1. The third-order valence-corrected chi connectivity index (χ3v) is 2.50. The molecule has 2 heterocycles. The predicted molar refractivity (Wildman–Crippen MR) is 57.7 cm³/mol. The molecule has 0 unspecified atom stereocenters. The van der Waals surface area contributed by atoms with Gasteiger partial charge >= 0.3 is 5.97 Å². The highest BCUT2D eigenvalue weighted by Crippen LogP contribution is 2.21. The fourth-order valence-electron chi connectivity index (χ4n) is 1.52. The van der Waals surface area contributed by atoms with Gasteiger partial charge < -0.3 is 9.64 Å². The summed E-state index contributed by atoms with van der Waals surface area (Å²) in [7, 11) is 1.39. The van der Waals surface area contributed by atoms with Crippen molar-refractivity contribution in [3.8, 4) is 12.3 Å². The van der Waals surface area contributed by atoms with E-state index in [4.69, 9.17) is 6.42 Å². The Labute approximate surface area is 93.5 Å². The second-order valence-corrected chi connectivity index (χ2v) is 3.54. The summed E-state index contributed by atoms with van der Waals surface area (Å²) in [5, 5.41) is 0. The van der Waals surface area contributed by atoms with E-state index in [1.54, 1.807) is 12.4 Å². The summed E-state index contributed by atoms with van der Waals surface area (Å²) in [6.45, 7) is 1.20. The van der Waals surface area contributed by atoms with Crippen molar-refractivity contribution in [2.75, 3.05) is 25.1 Å². The zero-order valence-electron chi connectivity index (χ0n) is 8.88. The lowest BCUT2D eigenvalue weighted by molar-refractivity contribution is -0.146. The molecule has 1 aromatic heterocycles. The third-order valence-electron chi connectivity index (χ3n) is 2.50. The number of methoxy groups -OCH3 is 1. The molecule has 0 saturated carbocycles. The number of ether oxygens (including phenoxy) is 1. The summed E-state index contributed by atoms with van der Waals surface area (Å²) in [4.78, 5) is 21.3. The molecule has 1 aromatic rings. The number of nitrogens with zero attached hydrogens (tertiary/aromatic N) is 3. The molecule has 0 bridgehead atoms. The van der Waals surface area contributed by atoms with Crippen molar-refractivity contribution in [3.05, 3.63) is 18.0 Å². The van der Waals surface area contributed by atoms with Crippen LogP contribution in [0.1, 0.15) is 5.56 Å². The number of carbonyl (C=O) groups is 1. The Morgan fingerprint density at radius 1 is 1.56 bits per heavy atom. The van der Waals surface area contributed by atoms with Gasteiger partial charge in [-0.05, 0) is 0 Å². The molecule has 2 rings (SSSR count). The smallest absolute Gasteiger partial charge is 0.312 e. The molecule has 0 N–H and O–H groups in total. The number of aromatic nitrogens is 2. The third kappa shape index (κ3) is 1.82. The maximum atomic E-state index is 11.2. The van der Waals surface area contributed by atoms with Crippen molar-refractivity contribution in [2.45, 2.75) is 0 Å². The monoisotopic (exact) mass is 217 g/mol. The number of esters is 1. The minimum absolute atomic E-state index is 0.0686. The lowest BCUT2D eigenvalue weighted by atomic mass is 10.0. The van der Waals surface area contributed by atoms with Gasteiger partial charge in [-0.15, -0.1) is 6.42 Å². The van der Waals surface area contributed by atoms with E-state index >= 15 is 0 Å². The highest BCUT2D eigenvalue weighted by Gasteiger charge is 2.34. The van der Waals surface area contributed by atoms with Gasteiger partial charge in [-0.1, -0.05) is 5.92 Å². The molecule has 0 aromatic carbocycles. The summed E-state index contributed by atoms with van der Waals surface area (Å²) in [5.74, 6) is 2.79. The Kier molecular flexibility index (Phi) is 2.73. The Hall–Kier alpha value is -2.09. The van der Waals surface area contributed by atoms with E-state index in [-0.39, 0.29) is 11.9 Å². The van der Waals surface area contributed by atoms with Gasteiger partial charge in [0, 0.05) is 25.5 Å². The van der Waals surface area contributed by atoms with Gasteiger partial charge in [0.25, 0.3) is 0 Å². The predicted octanol–water partition coefficient (Wildman–Crippen LogP) is 0.0671. The summed E-state index contributed by atoms with van der Waals surface area (Å²) >= 11 is 0. The second-order valence-electron chi connectivity index (χ2n) is 3.54. The standard InChI is InChI=1S/C11H11N3O2/c1-3-8-4-12-11(13-5-8)14-6-9(7-14)10(15)16-2/h1,4-5,9H,6-7H2,2H3. The molecule has 0 spiro atoms. The average Bonchev–Trinajstić information content (AvgIpc) is 2.27. The molecule has 0 radical (unpaired) electrons. The van der Waals surface area contributed by atoms with Gasteiger partial charge in [-0.3, -0.25) is 4.79 Å². The average molecular weight is 217 g/mol. The van der Waals surface area contributed by atoms with Crippen LogP contribution < -0.4 is 4.90 Å². The van der Waals surface area contributed by atoms with Crippen molar-refractivity contribution in [1.29, 1.82) is 0 Å². The number of rotatable bonds is 2. The molecule has 1 aliphatic heterocycles. The minimum Gasteiger partial charge on any atom is -0.469 e. The minimum atomic E-state index is -0.184. The second kappa shape index (κ2) is 4.19. The maximum Gasteiger partial charge on any atom is 0.312 e. The Bertz CT molecular complexity index is 430. The molecule has 5 heteroatoms. The van der Waals surface area contributed by atoms with E-state index in [1.165, 1.54) is 7.11 Å². The lowest BCUT2D eigenvalue weighted by Gasteiger charge is -2.37.